The van der Waals surface area contributed by atoms with Crippen LogP contribution in [0.3, 0.4) is 0 Å². The molecule has 1 heterocycles. The molecular weight excluding hydrogens is 226 g/mol. The zero-order valence-corrected chi connectivity index (χ0v) is 10.5. The molecular formula is C14H17N3O. The molecule has 2 aromatic rings. The molecule has 0 spiro atoms. The molecule has 2 rings (SSSR count). The van der Waals surface area contributed by atoms with Gasteiger partial charge in [0.2, 0.25) is 0 Å². The molecule has 0 fully saturated rings. The Kier molecular flexibility index (Phi) is 4.12. The van der Waals surface area contributed by atoms with Gasteiger partial charge in [-0.25, -0.2) is 4.68 Å². The second-order valence-corrected chi connectivity index (χ2v) is 4.24. The third-order valence-electron chi connectivity index (χ3n) is 2.66. The minimum Gasteiger partial charge on any atom is -0.385 e. The van der Waals surface area contributed by atoms with Crippen LogP contribution in [0, 0.1) is 6.92 Å². The first kappa shape index (κ1) is 12.4. The molecule has 0 radical (unpaired) electrons. The molecule has 0 amide bonds. The van der Waals surface area contributed by atoms with Gasteiger partial charge in [0.15, 0.2) is 0 Å². The molecule has 1 aromatic carbocycles. The van der Waals surface area contributed by atoms with Gasteiger partial charge in [0.1, 0.15) is 0 Å². The first-order valence-electron chi connectivity index (χ1n) is 6.08. The lowest BCUT2D eigenvalue weighted by Gasteiger charge is -2.07. The van der Waals surface area contributed by atoms with Crippen molar-refractivity contribution in [3.05, 3.63) is 58.5 Å². The topological polar surface area (TPSA) is 46.9 Å². The maximum absolute atomic E-state index is 11.6. The minimum absolute atomic E-state index is 0.0327. The van der Waals surface area contributed by atoms with Crippen molar-refractivity contribution in [2.24, 2.45) is 0 Å². The van der Waals surface area contributed by atoms with Gasteiger partial charge in [-0.05, 0) is 31.0 Å². The van der Waals surface area contributed by atoms with Crippen molar-refractivity contribution < 1.29 is 0 Å². The van der Waals surface area contributed by atoms with E-state index in [9.17, 15) is 4.79 Å². The summed E-state index contributed by atoms with van der Waals surface area (Å²) in [5, 5.41) is 7.40. The summed E-state index contributed by atoms with van der Waals surface area (Å²) < 4.78 is 1.50. The molecule has 0 saturated carbocycles. The smallest absolute Gasteiger partial charge is 0.266 e. The van der Waals surface area contributed by atoms with Crippen LogP contribution in [0.25, 0.3) is 0 Å². The molecule has 0 bridgehead atoms. The van der Waals surface area contributed by atoms with E-state index in [1.807, 2.05) is 37.3 Å². The molecule has 4 heteroatoms. The highest BCUT2D eigenvalue weighted by molar-refractivity contribution is 5.42. The summed E-state index contributed by atoms with van der Waals surface area (Å²) >= 11 is 0. The number of para-hydroxylation sites is 1. The fraction of sp³-hybridized carbons (Fsp3) is 0.286. The summed E-state index contributed by atoms with van der Waals surface area (Å²) in [7, 11) is 0. The fourth-order valence-corrected chi connectivity index (χ4v) is 1.71. The van der Waals surface area contributed by atoms with Crippen LogP contribution in [0.4, 0.5) is 5.69 Å². The van der Waals surface area contributed by atoms with Crippen molar-refractivity contribution in [1.29, 1.82) is 0 Å². The Balaban J connectivity index is 1.80. The van der Waals surface area contributed by atoms with Gasteiger partial charge in [0, 0.05) is 24.8 Å². The number of nitrogens with one attached hydrogen (secondary N) is 1. The Bertz CT molecular complexity index is 548. The Morgan fingerprint density at radius 1 is 1.28 bits per heavy atom. The highest BCUT2D eigenvalue weighted by atomic mass is 16.1. The first-order chi connectivity index (χ1) is 8.75. The number of aromatic nitrogens is 2. The van der Waals surface area contributed by atoms with Crippen molar-refractivity contribution in [1.82, 2.24) is 9.78 Å². The Labute approximate surface area is 106 Å². The van der Waals surface area contributed by atoms with E-state index >= 15 is 0 Å². The van der Waals surface area contributed by atoms with Crippen LogP contribution >= 0.6 is 0 Å². The molecule has 0 unspecified atom stereocenters. The quantitative estimate of drug-likeness (QED) is 0.818. The Morgan fingerprint density at radius 2 is 2.06 bits per heavy atom. The maximum Gasteiger partial charge on any atom is 0.266 e. The van der Waals surface area contributed by atoms with Gasteiger partial charge in [-0.1, -0.05) is 18.2 Å². The number of nitrogens with zero attached hydrogens (tertiary/aromatic N) is 2. The van der Waals surface area contributed by atoms with Crippen LogP contribution in [0.15, 0.2) is 47.4 Å². The SMILES string of the molecule is Cc1cnn(CCCNc2ccccc2)c(=O)c1. The Hall–Kier alpha value is -2.10. The lowest BCUT2D eigenvalue weighted by atomic mass is 10.3. The molecule has 0 aliphatic heterocycles. The average molecular weight is 243 g/mol. The summed E-state index contributed by atoms with van der Waals surface area (Å²) in [6.45, 7) is 3.33. The van der Waals surface area contributed by atoms with E-state index in [1.165, 1.54) is 4.68 Å². The third kappa shape index (κ3) is 3.45. The second-order valence-electron chi connectivity index (χ2n) is 4.24. The van der Waals surface area contributed by atoms with E-state index in [0.29, 0.717) is 6.54 Å². The first-order valence-corrected chi connectivity index (χ1v) is 6.08. The number of hydrogen-bond acceptors (Lipinski definition) is 3. The average Bonchev–Trinajstić information content (AvgIpc) is 2.38. The second kappa shape index (κ2) is 6.00. The van der Waals surface area contributed by atoms with Gasteiger partial charge in [0.05, 0.1) is 6.20 Å². The van der Waals surface area contributed by atoms with Gasteiger partial charge >= 0.3 is 0 Å². The van der Waals surface area contributed by atoms with E-state index in [0.717, 1.165) is 24.2 Å². The number of rotatable bonds is 5. The van der Waals surface area contributed by atoms with Crippen LogP contribution in [0.1, 0.15) is 12.0 Å². The molecule has 4 nitrogen and oxygen atoms in total. The van der Waals surface area contributed by atoms with Crippen LogP contribution in [0.2, 0.25) is 0 Å². The molecule has 0 atom stereocenters. The van der Waals surface area contributed by atoms with E-state index in [1.54, 1.807) is 12.3 Å². The van der Waals surface area contributed by atoms with E-state index in [-0.39, 0.29) is 5.56 Å². The van der Waals surface area contributed by atoms with Gasteiger partial charge < -0.3 is 5.32 Å². The van der Waals surface area contributed by atoms with Gasteiger partial charge in [-0.3, -0.25) is 4.79 Å². The predicted molar refractivity (Wildman–Crippen MR) is 72.8 cm³/mol. The van der Waals surface area contributed by atoms with Gasteiger partial charge in [0.25, 0.3) is 5.56 Å². The highest BCUT2D eigenvalue weighted by Gasteiger charge is 1.97. The summed E-state index contributed by atoms with van der Waals surface area (Å²) in [4.78, 5) is 11.6. The lowest BCUT2D eigenvalue weighted by Crippen LogP contribution is -2.23. The molecule has 0 saturated heterocycles. The maximum atomic E-state index is 11.6. The van der Waals surface area contributed by atoms with Crippen LogP contribution in [-0.4, -0.2) is 16.3 Å². The van der Waals surface area contributed by atoms with Gasteiger partial charge in [-0.2, -0.15) is 5.10 Å². The van der Waals surface area contributed by atoms with E-state index in [2.05, 4.69) is 10.4 Å². The number of aryl methyl sites for hydroxylation is 2. The van der Waals surface area contributed by atoms with Crippen molar-refractivity contribution in [3.8, 4) is 0 Å². The fourth-order valence-electron chi connectivity index (χ4n) is 1.71. The summed E-state index contributed by atoms with van der Waals surface area (Å²) in [5.74, 6) is 0. The molecule has 0 aliphatic rings. The van der Waals surface area contributed by atoms with E-state index < -0.39 is 0 Å². The minimum atomic E-state index is -0.0327. The normalized spacial score (nSPS) is 10.3. The zero-order chi connectivity index (χ0) is 12.8. The molecule has 94 valence electrons. The van der Waals surface area contributed by atoms with Crippen molar-refractivity contribution in [2.75, 3.05) is 11.9 Å². The third-order valence-corrected chi connectivity index (χ3v) is 2.66. The van der Waals surface area contributed by atoms with Gasteiger partial charge in [-0.15, -0.1) is 0 Å². The molecule has 1 aromatic heterocycles. The largest absolute Gasteiger partial charge is 0.385 e. The molecule has 0 aliphatic carbocycles. The Morgan fingerprint density at radius 3 is 2.78 bits per heavy atom. The van der Waals surface area contributed by atoms with Crippen molar-refractivity contribution in [2.45, 2.75) is 19.9 Å². The highest BCUT2D eigenvalue weighted by Crippen LogP contribution is 2.04. The number of benzene rings is 1. The number of anilines is 1. The van der Waals surface area contributed by atoms with Crippen LogP contribution < -0.4 is 10.9 Å². The van der Waals surface area contributed by atoms with Crippen LogP contribution in [-0.2, 0) is 6.54 Å². The zero-order valence-electron chi connectivity index (χ0n) is 10.5. The number of hydrogen-bond donors (Lipinski definition) is 1. The van der Waals surface area contributed by atoms with E-state index in [4.69, 9.17) is 0 Å². The monoisotopic (exact) mass is 243 g/mol. The molecule has 1 N–H and O–H groups in total. The summed E-state index contributed by atoms with van der Waals surface area (Å²) in [6, 6.07) is 11.6. The standard InChI is InChI=1S/C14H17N3O/c1-12-10-14(18)17(16-11-12)9-5-8-15-13-6-3-2-4-7-13/h2-4,6-7,10-11,15H,5,8-9H2,1H3. The predicted octanol–water partition coefficient (Wildman–Crippen LogP) is 2.05. The summed E-state index contributed by atoms with van der Waals surface area (Å²) in [6.07, 6.45) is 2.58. The summed E-state index contributed by atoms with van der Waals surface area (Å²) in [5.41, 5.74) is 1.97. The molecule has 18 heavy (non-hydrogen) atoms. The lowest BCUT2D eigenvalue weighted by molar-refractivity contribution is 0.557. The van der Waals surface area contributed by atoms with Crippen LogP contribution in [0.5, 0.6) is 0 Å². The van der Waals surface area contributed by atoms with Crippen molar-refractivity contribution >= 4 is 5.69 Å². The van der Waals surface area contributed by atoms with Crippen molar-refractivity contribution in [3.63, 3.8) is 0 Å².